The van der Waals surface area contributed by atoms with Crippen molar-refractivity contribution in [1.29, 1.82) is 0 Å². The number of anilines is 2. The highest BCUT2D eigenvalue weighted by Gasteiger charge is 2.27. The van der Waals surface area contributed by atoms with Crippen molar-refractivity contribution in [3.63, 3.8) is 0 Å². The van der Waals surface area contributed by atoms with Gasteiger partial charge in [0.05, 0.1) is 16.6 Å². The number of benzene rings is 2. The predicted molar refractivity (Wildman–Crippen MR) is 109 cm³/mol. The number of carbonyl (C=O) groups excluding carboxylic acids is 3. The summed E-state index contributed by atoms with van der Waals surface area (Å²) < 4.78 is 5.11. The zero-order chi connectivity index (χ0) is 21.8. The molecule has 3 rings (SSSR count). The molecule has 0 bridgehead atoms. The first-order valence-corrected chi connectivity index (χ1v) is 9.43. The van der Waals surface area contributed by atoms with E-state index in [-0.39, 0.29) is 30.7 Å². The average molecular weight is 411 g/mol. The number of ether oxygens (including phenoxy) is 1. The first-order chi connectivity index (χ1) is 14.2. The summed E-state index contributed by atoms with van der Waals surface area (Å²) in [5, 5.41) is 13.6. The lowest BCUT2D eigenvalue weighted by Crippen LogP contribution is -2.40. The van der Waals surface area contributed by atoms with Gasteiger partial charge in [-0.15, -0.1) is 0 Å². The molecular formula is C21H21N3O6. The zero-order valence-corrected chi connectivity index (χ0v) is 16.6. The molecule has 0 aliphatic carbocycles. The quantitative estimate of drug-likeness (QED) is 0.443. The molecule has 0 aromatic heterocycles. The summed E-state index contributed by atoms with van der Waals surface area (Å²) in [6, 6.07) is 10.5. The molecule has 0 spiro atoms. The average Bonchev–Trinajstić information content (AvgIpc) is 2.69. The Morgan fingerprint density at radius 2 is 1.87 bits per heavy atom. The van der Waals surface area contributed by atoms with Gasteiger partial charge < -0.3 is 15.0 Å². The summed E-state index contributed by atoms with van der Waals surface area (Å²) >= 11 is 0. The maximum atomic E-state index is 12.5. The largest absolute Gasteiger partial charge is 0.459 e. The van der Waals surface area contributed by atoms with Crippen LogP contribution in [0.1, 0.15) is 36.2 Å². The second-order valence-corrected chi connectivity index (χ2v) is 7.13. The van der Waals surface area contributed by atoms with Crippen molar-refractivity contribution in [2.75, 3.05) is 16.8 Å². The number of rotatable bonds is 6. The van der Waals surface area contributed by atoms with Crippen LogP contribution in [0.4, 0.5) is 17.1 Å². The van der Waals surface area contributed by atoms with E-state index >= 15 is 0 Å². The Hall–Kier alpha value is -3.75. The Balaban J connectivity index is 1.68. The number of fused-ring (bicyclic) bond motifs is 1. The van der Waals surface area contributed by atoms with Crippen molar-refractivity contribution >= 4 is 34.8 Å². The summed E-state index contributed by atoms with van der Waals surface area (Å²) in [5.74, 6) is -1.10. The minimum absolute atomic E-state index is 0.0522. The van der Waals surface area contributed by atoms with Crippen LogP contribution in [-0.2, 0) is 20.7 Å². The molecule has 156 valence electrons. The van der Waals surface area contributed by atoms with Gasteiger partial charge in [0.2, 0.25) is 11.8 Å². The number of nitrogens with zero attached hydrogens (tertiary/aromatic N) is 2. The van der Waals surface area contributed by atoms with Crippen molar-refractivity contribution in [3.05, 3.63) is 63.7 Å². The number of esters is 1. The highest BCUT2D eigenvalue weighted by atomic mass is 16.6. The molecule has 1 aliphatic heterocycles. The molecule has 30 heavy (non-hydrogen) atoms. The molecule has 0 saturated carbocycles. The number of nitro groups is 1. The highest BCUT2D eigenvalue weighted by Crippen LogP contribution is 2.31. The fourth-order valence-electron chi connectivity index (χ4n) is 3.15. The number of nitro benzene ring substituents is 1. The van der Waals surface area contributed by atoms with Crippen LogP contribution in [0.15, 0.2) is 42.5 Å². The number of nitrogens with one attached hydrogen (secondary N) is 1. The maximum absolute atomic E-state index is 12.5. The Morgan fingerprint density at radius 3 is 2.50 bits per heavy atom. The van der Waals surface area contributed by atoms with Gasteiger partial charge in [-0.25, -0.2) is 4.79 Å². The molecular weight excluding hydrogens is 390 g/mol. The van der Waals surface area contributed by atoms with E-state index in [0.717, 1.165) is 0 Å². The van der Waals surface area contributed by atoms with Crippen LogP contribution < -0.4 is 10.2 Å². The molecule has 1 aliphatic rings. The molecule has 2 amide bonds. The number of hydrogen-bond donors (Lipinski definition) is 1. The van der Waals surface area contributed by atoms with E-state index < -0.39 is 16.8 Å². The summed E-state index contributed by atoms with van der Waals surface area (Å²) in [5.41, 5.74) is 1.94. The van der Waals surface area contributed by atoms with Crippen LogP contribution in [0.5, 0.6) is 0 Å². The van der Waals surface area contributed by atoms with Crippen molar-refractivity contribution in [2.45, 2.75) is 32.8 Å². The lowest BCUT2D eigenvalue weighted by Gasteiger charge is -2.28. The molecule has 9 nitrogen and oxygen atoms in total. The first-order valence-electron chi connectivity index (χ1n) is 9.43. The molecule has 9 heteroatoms. The Labute approximate surface area is 172 Å². The maximum Gasteiger partial charge on any atom is 0.338 e. The van der Waals surface area contributed by atoms with Gasteiger partial charge in [-0.1, -0.05) is 0 Å². The second-order valence-electron chi connectivity index (χ2n) is 7.13. The molecule has 0 saturated heterocycles. The standard InChI is InChI=1S/C21H21N3O6/c1-13(2)30-21(27)14-3-6-16(7-4-14)22-19(25)12-23-18-9-8-17(24(28)29)11-15(18)5-10-20(23)26/h3-4,6-9,11,13H,5,10,12H2,1-2H3,(H,22,25). The molecule has 2 aromatic carbocycles. The third kappa shape index (κ3) is 4.80. The van der Waals surface area contributed by atoms with Crippen molar-refractivity contribution in [1.82, 2.24) is 0 Å². The normalized spacial score (nSPS) is 13.0. The Kier molecular flexibility index (Phi) is 6.10. The molecule has 1 heterocycles. The van der Waals surface area contributed by atoms with Gasteiger partial charge in [0, 0.05) is 29.9 Å². The van der Waals surface area contributed by atoms with Gasteiger partial charge in [-0.2, -0.15) is 0 Å². The van der Waals surface area contributed by atoms with Crippen LogP contribution in [0.3, 0.4) is 0 Å². The van der Waals surface area contributed by atoms with E-state index in [0.29, 0.717) is 28.9 Å². The molecule has 1 N–H and O–H groups in total. The Morgan fingerprint density at radius 1 is 1.17 bits per heavy atom. The molecule has 0 unspecified atom stereocenters. The van der Waals surface area contributed by atoms with E-state index in [1.807, 2.05) is 0 Å². The van der Waals surface area contributed by atoms with Crippen molar-refractivity contribution in [2.24, 2.45) is 0 Å². The van der Waals surface area contributed by atoms with Gasteiger partial charge in [0.1, 0.15) is 6.54 Å². The fraction of sp³-hybridized carbons (Fsp3) is 0.286. The monoisotopic (exact) mass is 411 g/mol. The predicted octanol–water partition coefficient (Wildman–Crippen LogP) is 3.08. The first kappa shape index (κ1) is 21.0. The SMILES string of the molecule is CC(C)OC(=O)c1ccc(NC(=O)CN2C(=O)CCc3cc([N+](=O)[O-])ccc32)cc1. The fourth-order valence-corrected chi connectivity index (χ4v) is 3.15. The molecule has 0 radical (unpaired) electrons. The van der Waals surface area contributed by atoms with Crippen LogP contribution >= 0.6 is 0 Å². The lowest BCUT2D eigenvalue weighted by atomic mass is 10.0. The third-order valence-electron chi connectivity index (χ3n) is 4.52. The lowest BCUT2D eigenvalue weighted by molar-refractivity contribution is -0.384. The zero-order valence-electron chi connectivity index (χ0n) is 16.6. The molecule has 0 fully saturated rings. The molecule has 2 aromatic rings. The van der Waals surface area contributed by atoms with E-state index in [1.54, 1.807) is 38.1 Å². The van der Waals surface area contributed by atoms with E-state index in [4.69, 9.17) is 4.74 Å². The highest BCUT2D eigenvalue weighted by molar-refractivity contribution is 6.04. The van der Waals surface area contributed by atoms with Gasteiger partial charge in [-0.05, 0) is 56.2 Å². The Bertz CT molecular complexity index is 1000. The number of hydrogen-bond acceptors (Lipinski definition) is 6. The summed E-state index contributed by atoms with van der Waals surface area (Å²) in [6.45, 7) is 3.29. The van der Waals surface area contributed by atoms with Crippen molar-refractivity contribution < 1.29 is 24.0 Å². The van der Waals surface area contributed by atoms with E-state index in [1.165, 1.54) is 23.1 Å². The number of aryl methyl sites for hydroxylation is 1. The van der Waals surface area contributed by atoms with Crippen molar-refractivity contribution in [3.8, 4) is 0 Å². The summed E-state index contributed by atoms with van der Waals surface area (Å²) in [6.07, 6.45) is 0.332. The third-order valence-corrected chi connectivity index (χ3v) is 4.52. The topological polar surface area (TPSA) is 119 Å². The minimum Gasteiger partial charge on any atom is -0.459 e. The van der Waals surface area contributed by atoms with Crippen LogP contribution in [0.2, 0.25) is 0 Å². The van der Waals surface area contributed by atoms with Crippen LogP contribution in [0, 0.1) is 10.1 Å². The summed E-state index contributed by atoms with van der Waals surface area (Å²) in [4.78, 5) is 48.5. The number of carbonyl (C=O) groups is 3. The van der Waals surface area contributed by atoms with Gasteiger partial charge in [0.15, 0.2) is 0 Å². The second kappa shape index (κ2) is 8.73. The molecule has 0 atom stereocenters. The van der Waals surface area contributed by atoms with E-state index in [2.05, 4.69) is 5.32 Å². The van der Waals surface area contributed by atoms with E-state index in [9.17, 15) is 24.5 Å². The smallest absolute Gasteiger partial charge is 0.338 e. The van der Waals surface area contributed by atoms with Gasteiger partial charge in [0.25, 0.3) is 5.69 Å². The van der Waals surface area contributed by atoms with Crippen LogP contribution in [0.25, 0.3) is 0 Å². The van der Waals surface area contributed by atoms with Crippen LogP contribution in [-0.4, -0.2) is 35.4 Å². The van der Waals surface area contributed by atoms with Gasteiger partial charge >= 0.3 is 5.97 Å². The van der Waals surface area contributed by atoms with Gasteiger partial charge in [-0.3, -0.25) is 19.7 Å². The summed E-state index contributed by atoms with van der Waals surface area (Å²) in [7, 11) is 0. The number of amides is 2. The minimum atomic E-state index is -0.492. The number of non-ortho nitro benzene ring substituents is 1.